The molecule has 0 radical (unpaired) electrons. The van der Waals surface area contributed by atoms with Gasteiger partial charge in [0.1, 0.15) is 0 Å². The van der Waals surface area contributed by atoms with E-state index in [1.54, 1.807) is 0 Å². The molecule has 0 spiro atoms. The molecule has 0 atom stereocenters. The minimum atomic E-state index is 0.795. The van der Waals surface area contributed by atoms with E-state index in [1.807, 2.05) is 18.2 Å². The zero-order valence-electron chi connectivity index (χ0n) is 9.99. The number of rotatable bonds is 2. The van der Waals surface area contributed by atoms with Crippen LogP contribution in [-0.2, 0) is 0 Å². The maximum absolute atomic E-state index is 6.15. The van der Waals surface area contributed by atoms with Crippen LogP contribution in [0, 0.1) is 0 Å². The smallest absolute Gasteiger partial charge is 0.0500 e. The highest BCUT2D eigenvalue weighted by atomic mass is 35.5. The monoisotopic (exact) mass is 255 g/mol. The lowest BCUT2D eigenvalue weighted by atomic mass is 10.0. The van der Waals surface area contributed by atoms with Crippen molar-refractivity contribution in [2.75, 3.05) is 0 Å². The maximum atomic E-state index is 6.15. The second-order valence-corrected chi connectivity index (χ2v) is 4.87. The first kappa shape index (κ1) is 11.4. The van der Waals surface area contributed by atoms with Gasteiger partial charge >= 0.3 is 0 Å². The van der Waals surface area contributed by atoms with Crippen molar-refractivity contribution in [3.05, 3.63) is 64.9 Å². The third kappa shape index (κ3) is 2.27. The van der Waals surface area contributed by atoms with Gasteiger partial charge in [-0.1, -0.05) is 42.0 Å². The van der Waals surface area contributed by atoms with Crippen molar-refractivity contribution < 1.29 is 0 Å². The number of aromatic nitrogens is 1. The van der Waals surface area contributed by atoms with Crippen molar-refractivity contribution in [3.8, 4) is 0 Å². The molecular formula is C16H14ClN. The van der Waals surface area contributed by atoms with Crippen LogP contribution in [0.25, 0.3) is 17.0 Å². The van der Waals surface area contributed by atoms with E-state index >= 15 is 0 Å². The molecule has 2 heteroatoms. The summed E-state index contributed by atoms with van der Waals surface area (Å²) in [6.45, 7) is 0. The molecule has 0 saturated heterocycles. The van der Waals surface area contributed by atoms with E-state index in [1.165, 1.54) is 5.57 Å². The van der Waals surface area contributed by atoms with Gasteiger partial charge < -0.3 is 4.98 Å². The largest absolute Gasteiger partial charge is 0.355 e. The summed E-state index contributed by atoms with van der Waals surface area (Å²) in [5.41, 5.74) is 3.54. The molecule has 1 aliphatic carbocycles. The van der Waals surface area contributed by atoms with Gasteiger partial charge in [-0.25, -0.2) is 0 Å². The van der Waals surface area contributed by atoms with Crippen LogP contribution in [-0.4, -0.2) is 4.98 Å². The van der Waals surface area contributed by atoms with Gasteiger partial charge in [-0.05, 0) is 42.7 Å². The zero-order valence-corrected chi connectivity index (χ0v) is 10.7. The Morgan fingerprint density at radius 3 is 2.94 bits per heavy atom. The third-order valence-corrected chi connectivity index (χ3v) is 3.48. The number of halogens is 1. The topological polar surface area (TPSA) is 15.8 Å². The molecule has 3 rings (SSSR count). The lowest BCUT2D eigenvalue weighted by Crippen LogP contribution is -1.82. The molecule has 1 aliphatic rings. The summed E-state index contributed by atoms with van der Waals surface area (Å²) in [7, 11) is 0. The maximum Gasteiger partial charge on any atom is 0.0500 e. The molecule has 0 fully saturated rings. The quantitative estimate of drug-likeness (QED) is 0.767. The number of benzene rings is 1. The summed E-state index contributed by atoms with van der Waals surface area (Å²) in [6, 6.07) is 8.01. The van der Waals surface area contributed by atoms with E-state index in [0.717, 1.165) is 34.5 Å². The molecule has 18 heavy (non-hydrogen) atoms. The Balaban J connectivity index is 1.91. The van der Waals surface area contributed by atoms with E-state index < -0.39 is 0 Å². The minimum absolute atomic E-state index is 0.795. The van der Waals surface area contributed by atoms with Crippen LogP contribution in [0.15, 0.2) is 54.1 Å². The Kier molecular flexibility index (Phi) is 3.07. The molecule has 1 heterocycles. The van der Waals surface area contributed by atoms with Crippen molar-refractivity contribution in [3.63, 3.8) is 0 Å². The highest BCUT2D eigenvalue weighted by Crippen LogP contribution is 2.25. The van der Waals surface area contributed by atoms with Crippen molar-refractivity contribution in [1.82, 2.24) is 4.98 Å². The van der Waals surface area contributed by atoms with Gasteiger partial charge in [0.05, 0.1) is 0 Å². The van der Waals surface area contributed by atoms with Crippen LogP contribution in [0.5, 0.6) is 0 Å². The number of fused-ring (bicyclic) bond motifs is 1. The molecule has 0 unspecified atom stereocenters. The molecule has 0 bridgehead atoms. The second-order valence-electron chi connectivity index (χ2n) is 4.47. The normalized spacial score (nSPS) is 15.5. The van der Waals surface area contributed by atoms with Crippen molar-refractivity contribution >= 4 is 28.6 Å². The van der Waals surface area contributed by atoms with Gasteiger partial charge in [-0.15, -0.1) is 0 Å². The van der Waals surface area contributed by atoms with Crippen molar-refractivity contribution in [2.45, 2.75) is 12.8 Å². The number of nitrogens with one attached hydrogen (secondary N) is 1. The van der Waals surface area contributed by atoms with Crippen molar-refractivity contribution in [1.29, 1.82) is 0 Å². The zero-order chi connectivity index (χ0) is 12.4. The van der Waals surface area contributed by atoms with Gasteiger partial charge in [0.25, 0.3) is 0 Å². The molecule has 90 valence electrons. The first-order chi connectivity index (χ1) is 8.83. The molecule has 0 saturated carbocycles. The fourth-order valence-corrected chi connectivity index (χ4v) is 2.42. The van der Waals surface area contributed by atoms with E-state index in [2.05, 4.69) is 41.4 Å². The molecule has 1 N–H and O–H groups in total. The Morgan fingerprint density at radius 1 is 1.22 bits per heavy atom. The molecule has 0 aliphatic heterocycles. The third-order valence-electron chi connectivity index (χ3n) is 3.15. The summed E-state index contributed by atoms with van der Waals surface area (Å²) in [5, 5.41) is 1.87. The molecule has 0 amide bonds. The molecule has 1 nitrogen and oxygen atoms in total. The van der Waals surface area contributed by atoms with Gasteiger partial charge in [0.15, 0.2) is 0 Å². The lowest BCUT2D eigenvalue weighted by Gasteiger charge is -2.02. The standard InChI is InChI=1S/C16H14ClN/c17-15-7-4-8-16-14(15)11-13(18-16)10-9-12-5-2-1-3-6-12/h1-2,4-5,7-11,18H,3,6H2/b10-9+. The summed E-state index contributed by atoms with van der Waals surface area (Å²) in [4.78, 5) is 3.36. The Bertz CT molecular complexity index is 659. The average molecular weight is 256 g/mol. The number of H-pyrrole nitrogens is 1. The van der Waals surface area contributed by atoms with Crippen LogP contribution in [0.3, 0.4) is 0 Å². The van der Waals surface area contributed by atoms with Crippen LogP contribution in [0.4, 0.5) is 0 Å². The Labute approximate surface area is 111 Å². The molecule has 2 aromatic rings. The van der Waals surface area contributed by atoms with Crippen molar-refractivity contribution in [2.24, 2.45) is 0 Å². The fraction of sp³-hybridized carbons (Fsp3) is 0.125. The van der Waals surface area contributed by atoms with Crippen LogP contribution in [0.1, 0.15) is 18.5 Å². The first-order valence-corrected chi connectivity index (χ1v) is 6.52. The fourth-order valence-electron chi connectivity index (χ4n) is 2.19. The number of hydrogen-bond donors (Lipinski definition) is 1. The predicted molar refractivity (Wildman–Crippen MR) is 78.8 cm³/mol. The number of allylic oxidation sites excluding steroid dienone is 5. The number of hydrogen-bond acceptors (Lipinski definition) is 0. The highest BCUT2D eigenvalue weighted by Gasteiger charge is 2.02. The number of aromatic amines is 1. The van der Waals surface area contributed by atoms with E-state index in [-0.39, 0.29) is 0 Å². The summed E-state index contributed by atoms with van der Waals surface area (Å²) < 4.78 is 0. The Hall–Kier alpha value is -1.73. The first-order valence-electron chi connectivity index (χ1n) is 6.14. The minimum Gasteiger partial charge on any atom is -0.355 e. The van der Waals surface area contributed by atoms with Crippen LogP contribution < -0.4 is 0 Å². The lowest BCUT2D eigenvalue weighted by molar-refractivity contribution is 0.992. The highest BCUT2D eigenvalue weighted by molar-refractivity contribution is 6.35. The average Bonchev–Trinajstić information content (AvgIpc) is 2.82. The SMILES string of the molecule is Clc1cccc2[nH]c(/C=C/C3=CC=CCC3)cc12. The second kappa shape index (κ2) is 4.87. The van der Waals surface area contributed by atoms with E-state index in [9.17, 15) is 0 Å². The van der Waals surface area contributed by atoms with Gasteiger partial charge in [0, 0.05) is 21.6 Å². The summed E-state index contributed by atoms with van der Waals surface area (Å²) >= 11 is 6.15. The van der Waals surface area contributed by atoms with E-state index in [4.69, 9.17) is 11.6 Å². The molecule has 1 aromatic carbocycles. The summed E-state index contributed by atoms with van der Waals surface area (Å²) in [6.07, 6.45) is 13.0. The van der Waals surface area contributed by atoms with Gasteiger partial charge in [-0.2, -0.15) is 0 Å². The van der Waals surface area contributed by atoms with Gasteiger partial charge in [-0.3, -0.25) is 0 Å². The van der Waals surface area contributed by atoms with Crippen LogP contribution >= 0.6 is 11.6 Å². The van der Waals surface area contributed by atoms with Crippen LogP contribution in [0.2, 0.25) is 5.02 Å². The summed E-state index contributed by atoms with van der Waals surface area (Å²) in [5.74, 6) is 0. The Morgan fingerprint density at radius 2 is 2.17 bits per heavy atom. The van der Waals surface area contributed by atoms with E-state index in [0.29, 0.717) is 0 Å². The predicted octanol–water partition coefficient (Wildman–Crippen LogP) is 5.11. The van der Waals surface area contributed by atoms with Gasteiger partial charge in [0.2, 0.25) is 0 Å². The molecular weight excluding hydrogens is 242 g/mol. The molecule has 1 aromatic heterocycles.